The summed E-state index contributed by atoms with van der Waals surface area (Å²) in [6.45, 7) is 4.98. The van der Waals surface area contributed by atoms with Crippen LogP contribution in [0.3, 0.4) is 0 Å². The molecule has 4 nitrogen and oxygen atoms in total. The van der Waals surface area contributed by atoms with Crippen molar-refractivity contribution in [1.29, 1.82) is 5.26 Å². The second kappa shape index (κ2) is 6.00. The van der Waals surface area contributed by atoms with Gasteiger partial charge in [-0.3, -0.25) is 5.32 Å². The Morgan fingerprint density at radius 2 is 2.33 bits per heavy atom. The number of thioether (sulfide) groups is 1. The summed E-state index contributed by atoms with van der Waals surface area (Å²) >= 11 is 3.25. The lowest BCUT2D eigenvalue weighted by atomic mass is 9.97. The molecule has 98 valence electrons. The Morgan fingerprint density at radius 1 is 1.56 bits per heavy atom. The molecular weight excluding hydrogens is 264 g/mol. The monoisotopic (exact) mass is 282 g/mol. The van der Waals surface area contributed by atoms with Crippen molar-refractivity contribution in [1.82, 2.24) is 15.5 Å². The smallest absolute Gasteiger partial charge is 0.174 e. The van der Waals surface area contributed by atoms with E-state index in [4.69, 9.17) is 0 Å². The number of hydrogen-bond donors (Lipinski definition) is 1. The molecule has 6 heteroatoms. The van der Waals surface area contributed by atoms with E-state index >= 15 is 0 Å². The molecule has 1 fully saturated rings. The summed E-state index contributed by atoms with van der Waals surface area (Å²) in [6, 6.07) is 2.51. The maximum atomic E-state index is 9.54. The molecule has 0 saturated heterocycles. The summed E-state index contributed by atoms with van der Waals surface area (Å²) in [6.07, 6.45) is 3.39. The molecule has 1 saturated carbocycles. The van der Waals surface area contributed by atoms with Gasteiger partial charge in [0, 0.05) is 5.75 Å². The van der Waals surface area contributed by atoms with Crippen molar-refractivity contribution in [2.24, 2.45) is 5.92 Å². The average molecular weight is 282 g/mol. The molecule has 1 aliphatic carbocycles. The fourth-order valence-electron chi connectivity index (χ4n) is 1.91. The van der Waals surface area contributed by atoms with E-state index in [2.05, 4.69) is 28.5 Å². The molecule has 0 bridgehead atoms. The molecular formula is C12H18N4S2. The van der Waals surface area contributed by atoms with Crippen LogP contribution < -0.4 is 5.32 Å². The Morgan fingerprint density at radius 3 is 2.83 bits per heavy atom. The second-order valence-electron chi connectivity index (χ2n) is 4.66. The van der Waals surface area contributed by atoms with E-state index in [1.807, 2.05) is 6.92 Å². The zero-order valence-electron chi connectivity index (χ0n) is 10.8. The van der Waals surface area contributed by atoms with Crippen LogP contribution in [-0.2, 0) is 0 Å². The summed E-state index contributed by atoms with van der Waals surface area (Å²) in [4.78, 5) is 0. The van der Waals surface area contributed by atoms with Gasteiger partial charge >= 0.3 is 0 Å². The first-order valence-electron chi connectivity index (χ1n) is 6.29. The van der Waals surface area contributed by atoms with Crippen LogP contribution in [0.25, 0.3) is 0 Å². The van der Waals surface area contributed by atoms with Crippen LogP contribution in [-0.4, -0.2) is 28.0 Å². The summed E-state index contributed by atoms with van der Waals surface area (Å²) in [5.41, 5.74) is -0.375. The minimum absolute atomic E-state index is 0.375. The molecule has 0 amide bonds. The van der Waals surface area contributed by atoms with Crippen LogP contribution in [0, 0.1) is 24.2 Å². The minimum Gasteiger partial charge on any atom is -0.298 e. The highest BCUT2D eigenvalue weighted by molar-refractivity contribution is 8.01. The third-order valence-electron chi connectivity index (χ3n) is 3.10. The van der Waals surface area contributed by atoms with Crippen molar-refractivity contribution in [3.63, 3.8) is 0 Å². The maximum Gasteiger partial charge on any atom is 0.174 e. The van der Waals surface area contributed by atoms with Crippen LogP contribution in [0.4, 0.5) is 0 Å². The predicted molar refractivity (Wildman–Crippen MR) is 74.7 cm³/mol. The second-order valence-corrected chi connectivity index (χ2v) is 7.06. The van der Waals surface area contributed by atoms with Crippen LogP contribution in [0.1, 0.15) is 31.2 Å². The number of rotatable bonds is 7. The molecule has 2 rings (SSSR count). The van der Waals surface area contributed by atoms with Crippen LogP contribution >= 0.6 is 23.1 Å². The van der Waals surface area contributed by atoms with Crippen molar-refractivity contribution in [2.75, 3.05) is 12.3 Å². The number of hydrogen-bond acceptors (Lipinski definition) is 6. The molecule has 1 heterocycles. The molecule has 18 heavy (non-hydrogen) atoms. The number of aromatic nitrogens is 2. The van der Waals surface area contributed by atoms with Crippen LogP contribution in [0.2, 0.25) is 0 Å². The van der Waals surface area contributed by atoms with Gasteiger partial charge in [-0.1, -0.05) is 30.0 Å². The third-order valence-corrected chi connectivity index (χ3v) is 5.26. The Kier molecular flexibility index (Phi) is 4.60. The standard InChI is InChI=1S/C12H18N4S2/c1-3-6-14-12(7-13,10-4-5-10)8-17-11-16-15-9(2)18-11/h10,14H,3-6,8H2,1-2H3. The minimum atomic E-state index is -0.375. The lowest BCUT2D eigenvalue weighted by molar-refractivity contribution is 0.405. The van der Waals surface area contributed by atoms with Gasteiger partial charge in [0.25, 0.3) is 0 Å². The quantitative estimate of drug-likeness (QED) is 0.779. The van der Waals surface area contributed by atoms with E-state index in [0.29, 0.717) is 5.92 Å². The van der Waals surface area contributed by atoms with Crippen molar-refractivity contribution in [3.8, 4) is 6.07 Å². The molecule has 1 aromatic heterocycles. The molecule has 0 spiro atoms. The molecule has 0 aliphatic heterocycles. The number of nitrogens with one attached hydrogen (secondary N) is 1. The molecule has 1 atom stereocenters. The van der Waals surface area contributed by atoms with Gasteiger partial charge in [0.15, 0.2) is 4.34 Å². The van der Waals surface area contributed by atoms with Crippen molar-refractivity contribution >= 4 is 23.1 Å². The van der Waals surface area contributed by atoms with Gasteiger partial charge in [0.05, 0.1) is 6.07 Å². The predicted octanol–water partition coefficient (Wildman–Crippen LogP) is 2.61. The zero-order chi connectivity index (χ0) is 13.0. The lowest BCUT2D eigenvalue weighted by Crippen LogP contribution is -2.48. The number of nitrogens with zero attached hydrogens (tertiary/aromatic N) is 3. The van der Waals surface area contributed by atoms with Gasteiger partial charge in [0.1, 0.15) is 10.5 Å². The number of nitriles is 1. The molecule has 1 aromatic rings. The van der Waals surface area contributed by atoms with Crippen LogP contribution in [0.15, 0.2) is 4.34 Å². The Bertz CT molecular complexity index is 436. The van der Waals surface area contributed by atoms with Gasteiger partial charge in [0.2, 0.25) is 0 Å². The van der Waals surface area contributed by atoms with Crippen molar-refractivity contribution in [2.45, 2.75) is 43.0 Å². The van der Waals surface area contributed by atoms with Gasteiger partial charge in [-0.2, -0.15) is 5.26 Å². The SMILES string of the molecule is CCCNC(C#N)(CSc1nnc(C)s1)C1CC1. The van der Waals surface area contributed by atoms with Gasteiger partial charge < -0.3 is 0 Å². The molecule has 0 radical (unpaired) electrons. The fraction of sp³-hybridized carbons (Fsp3) is 0.750. The first kappa shape index (κ1) is 13.8. The largest absolute Gasteiger partial charge is 0.298 e. The van der Waals surface area contributed by atoms with Gasteiger partial charge in [-0.05, 0) is 38.6 Å². The normalized spacial score (nSPS) is 18.3. The van der Waals surface area contributed by atoms with Crippen molar-refractivity contribution < 1.29 is 0 Å². The average Bonchev–Trinajstić information content (AvgIpc) is 3.14. The maximum absolute atomic E-state index is 9.54. The topological polar surface area (TPSA) is 61.6 Å². The van der Waals surface area contributed by atoms with Crippen molar-refractivity contribution in [3.05, 3.63) is 5.01 Å². The summed E-state index contributed by atoms with van der Waals surface area (Å²) in [5, 5.41) is 22.1. The van der Waals surface area contributed by atoms with E-state index < -0.39 is 0 Å². The highest BCUT2D eigenvalue weighted by Gasteiger charge is 2.45. The van der Waals surface area contributed by atoms with Gasteiger partial charge in [-0.15, -0.1) is 10.2 Å². The first-order chi connectivity index (χ1) is 8.70. The summed E-state index contributed by atoms with van der Waals surface area (Å²) in [7, 11) is 0. The highest BCUT2D eigenvalue weighted by Crippen LogP contribution is 2.42. The van der Waals surface area contributed by atoms with Gasteiger partial charge in [-0.25, -0.2) is 0 Å². The van der Waals surface area contributed by atoms with E-state index in [1.54, 1.807) is 23.1 Å². The summed E-state index contributed by atoms with van der Waals surface area (Å²) in [5.74, 6) is 1.28. The highest BCUT2D eigenvalue weighted by atomic mass is 32.2. The lowest BCUT2D eigenvalue weighted by Gasteiger charge is -2.27. The molecule has 1 aliphatic rings. The Balaban J connectivity index is 1.98. The van der Waals surface area contributed by atoms with E-state index in [-0.39, 0.29) is 5.54 Å². The van der Waals surface area contributed by atoms with E-state index in [0.717, 1.165) is 28.1 Å². The third kappa shape index (κ3) is 3.22. The fourth-order valence-corrected chi connectivity index (χ4v) is 3.96. The summed E-state index contributed by atoms with van der Waals surface area (Å²) < 4.78 is 0.964. The molecule has 1 N–H and O–H groups in total. The number of aryl methyl sites for hydroxylation is 1. The van der Waals surface area contributed by atoms with Crippen LogP contribution in [0.5, 0.6) is 0 Å². The van der Waals surface area contributed by atoms with E-state index in [1.165, 1.54) is 12.8 Å². The Labute approximate surface area is 116 Å². The Hall–Kier alpha value is -0.640. The zero-order valence-corrected chi connectivity index (χ0v) is 12.4. The first-order valence-corrected chi connectivity index (χ1v) is 8.09. The van der Waals surface area contributed by atoms with E-state index in [9.17, 15) is 5.26 Å². The molecule has 1 unspecified atom stereocenters. The molecule has 0 aromatic carbocycles.